The molecule has 32 heavy (non-hydrogen) atoms. The maximum Gasteiger partial charge on any atom is 0.256 e. The van der Waals surface area contributed by atoms with E-state index in [0.29, 0.717) is 25.3 Å². The zero-order valence-electron chi connectivity index (χ0n) is 17.9. The molecule has 8 heteroatoms. The Labute approximate surface area is 190 Å². The number of carbonyl (C=O) groups is 1. The molecule has 5 rings (SSSR count). The number of rotatable bonds is 4. The molecule has 0 bridgehead atoms. The van der Waals surface area contributed by atoms with Crippen molar-refractivity contribution in [1.82, 2.24) is 19.9 Å². The largest absolute Gasteiger partial charge is 0.368 e. The van der Waals surface area contributed by atoms with Crippen LogP contribution < -0.4 is 5.32 Å². The second-order valence-corrected chi connectivity index (χ2v) is 8.69. The minimum atomic E-state index is -0.297. The number of nitrogens with one attached hydrogen (secondary N) is 1. The van der Waals surface area contributed by atoms with Crippen LogP contribution in [0.1, 0.15) is 33.5 Å². The number of aryl methyl sites for hydroxylation is 2. The number of para-hydroxylation sites is 1. The lowest BCUT2D eigenvalue weighted by molar-refractivity contribution is -0.0246. The third kappa shape index (κ3) is 4.19. The summed E-state index contributed by atoms with van der Waals surface area (Å²) < 4.78 is 6.02. The summed E-state index contributed by atoms with van der Waals surface area (Å²) in [4.78, 5) is 28.8. The van der Waals surface area contributed by atoms with Gasteiger partial charge in [0.1, 0.15) is 6.10 Å². The van der Waals surface area contributed by atoms with E-state index in [1.165, 1.54) is 0 Å². The number of anilines is 2. The number of fused-ring (bicyclic) bond motifs is 1. The Morgan fingerprint density at radius 3 is 2.88 bits per heavy atom. The predicted molar refractivity (Wildman–Crippen MR) is 125 cm³/mol. The van der Waals surface area contributed by atoms with Crippen LogP contribution in [0, 0.1) is 13.8 Å². The van der Waals surface area contributed by atoms with Gasteiger partial charge in [0.05, 0.1) is 35.6 Å². The maximum absolute atomic E-state index is 13.4. The monoisotopic (exact) mass is 445 g/mol. The summed E-state index contributed by atoms with van der Waals surface area (Å²) in [6.45, 7) is 5.36. The molecule has 1 atom stereocenters. The summed E-state index contributed by atoms with van der Waals surface area (Å²) in [5, 5.41) is 7.15. The zero-order chi connectivity index (χ0) is 22.1. The third-order valence-electron chi connectivity index (χ3n) is 5.39. The summed E-state index contributed by atoms with van der Waals surface area (Å²) in [6, 6.07) is 13.5. The highest BCUT2D eigenvalue weighted by atomic mass is 32.1. The van der Waals surface area contributed by atoms with Gasteiger partial charge in [-0.1, -0.05) is 18.2 Å². The highest BCUT2D eigenvalue weighted by Gasteiger charge is 2.28. The number of carbonyl (C=O) groups excluding carboxylic acids is 1. The van der Waals surface area contributed by atoms with Gasteiger partial charge in [-0.25, -0.2) is 4.98 Å². The quantitative estimate of drug-likeness (QED) is 0.492. The second kappa shape index (κ2) is 8.64. The third-order valence-corrected chi connectivity index (χ3v) is 6.27. The number of aromatic nitrogens is 3. The smallest absolute Gasteiger partial charge is 0.256 e. The van der Waals surface area contributed by atoms with Crippen molar-refractivity contribution >= 4 is 39.0 Å². The molecule has 0 saturated carbocycles. The molecule has 0 spiro atoms. The van der Waals surface area contributed by atoms with E-state index in [-0.39, 0.29) is 12.0 Å². The molecule has 0 aliphatic carbocycles. The van der Waals surface area contributed by atoms with Crippen LogP contribution in [0.25, 0.3) is 10.9 Å². The number of morpholine rings is 1. The second-order valence-electron chi connectivity index (χ2n) is 7.83. The van der Waals surface area contributed by atoms with Crippen molar-refractivity contribution in [3.05, 3.63) is 76.7 Å². The normalized spacial score (nSPS) is 16.3. The number of amides is 1. The number of ether oxygens (including phenoxy) is 1. The van der Waals surface area contributed by atoms with Gasteiger partial charge in [0.25, 0.3) is 5.91 Å². The van der Waals surface area contributed by atoms with E-state index in [0.717, 1.165) is 38.8 Å². The summed E-state index contributed by atoms with van der Waals surface area (Å²) in [7, 11) is 0. The molecule has 1 amide bonds. The molecule has 1 fully saturated rings. The fourth-order valence-corrected chi connectivity index (χ4v) is 4.63. The van der Waals surface area contributed by atoms with E-state index in [2.05, 4.69) is 20.3 Å². The molecule has 4 aromatic rings. The Hall–Kier alpha value is -3.36. The molecule has 1 aromatic carbocycles. The Kier molecular flexibility index (Phi) is 5.55. The van der Waals surface area contributed by atoms with Gasteiger partial charge in [-0.15, -0.1) is 11.3 Å². The topological polar surface area (TPSA) is 80.2 Å². The molecule has 7 nitrogen and oxygen atoms in total. The summed E-state index contributed by atoms with van der Waals surface area (Å²) >= 11 is 1.56. The fraction of sp³-hybridized carbons (Fsp3) is 0.250. The molecule has 1 N–H and O–H groups in total. The molecule has 0 radical (unpaired) electrons. The Morgan fingerprint density at radius 2 is 2.03 bits per heavy atom. The van der Waals surface area contributed by atoms with Gasteiger partial charge in [-0.05, 0) is 38.1 Å². The van der Waals surface area contributed by atoms with Crippen molar-refractivity contribution < 1.29 is 9.53 Å². The van der Waals surface area contributed by atoms with Gasteiger partial charge < -0.3 is 15.0 Å². The first-order chi connectivity index (χ1) is 15.6. The van der Waals surface area contributed by atoms with Gasteiger partial charge in [-0.3, -0.25) is 14.8 Å². The van der Waals surface area contributed by atoms with Gasteiger partial charge in [0.2, 0.25) is 0 Å². The number of nitrogens with zero attached hydrogens (tertiary/aromatic N) is 4. The summed E-state index contributed by atoms with van der Waals surface area (Å²) in [6.07, 6.45) is 1.42. The first kappa shape index (κ1) is 20.5. The van der Waals surface area contributed by atoms with Crippen LogP contribution in [0.2, 0.25) is 0 Å². The van der Waals surface area contributed by atoms with E-state index in [9.17, 15) is 4.79 Å². The number of pyridine rings is 2. The maximum atomic E-state index is 13.4. The van der Waals surface area contributed by atoms with Crippen molar-refractivity contribution in [3.8, 4) is 0 Å². The number of thiazole rings is 1. The first-order valence-electron chi connectivity index (χ1n) is 10.5. The number of hydrogen-bond donors (Lipinski definition) is 1. The fourth-order valence-electron chi connectivity index (χ4n) is 3.93. The standard InChI is InChI=1S/C24H23N5O2S/c1-15-11-18(28-24-27-16(2)14-32-24)12-20(26-15)21-13-29(9-10-31-21)23(30)19-7-3-5-17-6-4-8-25-22(17)19/h3-8,11-12,14,21H,9-10,13H2,1-2H3,(H,26,27,28)/t21-/m0/s1. The van der Waals surface area contributed by atoms with Crippen molar-refractivity contribution in [2.45, 2.75) is 20.0 Å². The lowest BCUT2D eigenvalue weighted by atomic mass is 10.1. The lowest BCUT2D eigenvalue weighted by Crippen LogP contribution is -2.42. The molecular weight excluding hydrogens is 422 g/mol. The Bertz CT molecular complexity index is 1280. The molecule has 1 saturated heterocycles. The minimum absolute atomic E-state index is 0.0353. The predicted octanol–water partition coefficient (Wildman–Crippen LogP) is 4.66. The van der Waals surface area contributed by atoms with Crippen LogP contribution in [0.5, 0.6) is 0 Å². The van der Waals surface area contributed by atoms with Crippen molar-refractivity contribution in [1.29, 1.82) is 0 Å². The van der Waals surface area contributed by atoms with Gasteiger partial charge in [0, 0.05) is 34.9 Å². The average molecular weight is 446 g/mol. The molecule has 162 valence electrons. The van der Waals surface area contributed by atoms with Crippen LogP contribution in [-0.4, -0.2) is 45.5 Å². The zero-order valence-corrected chi connectivity index (χ0v) is 18.7. The van der Waals surface area contributed by atoms with Gasteiger partial charge in [0.15, 0.2) is 5.13 Å². The minimum Gasteiger partial charge on any atom is -0.368 e. The molecule has 1 aliphatic rings. The van der Waals surface area contributed by atoms with Crippen molar-refractivity contribution in [2.75, 3.05) is 25.0 Å². The molecule has 1 aliphatic heterocycles. The van der Waals surface area contributed by atoms with Crippen LogP contribution in [0.3, 0.4) is 0 Å². The van der Waals surface area contributed by atoms with E-state index in [1.807, 2.05) is 66.6 Å². The highest BCUT2D eigenvalue weighted by Crippen LogP contribution is 2.28. The van der Waals surface area contributed by atoms with E-state index >= 15 is 0 Å². The molecule has 0 unspecified atom stereocenters. The van der Waals surface area contributed by atoms with Crippen LogP contribution in [-0.2, 0) is 4.74 Å². The van der Waals surface area contributed by atoms with Crippen LogP contribution in [0.4, 0.5) is 10.8 Å². The van der Waals surface area contributed by atoms with Gasteiger partial charge in [-0.2, -0.15) is 0 Å². The summed E-state index contributed by atoms with van der Waals surface area (Å²) in [5.41, 5.74) is 4.91. The number of benzene rings is 1. The van der Waals surface area contributed by atoms with Gasteiger partial charge >= 0.3 is 0 Å². The first-order valence-corrected chi connectivity index (χ1v) is 11.4. The molecule has 4 heterocycles. The summed E-state index contributed by atoms with van der Waals surface area (Å²) in [5.74, 6) is -0.0353. The van der Waals surface area contributed by atoms with Crippen LogP contribution >= 0.6 is 11.3 Å². The molecular formula is C24H23N5O2S. The van der Waals surface area contributed by atoms with Crippen molar-refractivity contribution in [3.63, 3.8) is 0 Å². The SMILES string of the molecule is Cc1cc(Nc2nc(C)cs2)cc([C@@H]2CN(C(=O)c3cccc4cccnc34)CCO2)n1. The Balaban J connectivity index is 1.38. The Morgan fingerprint density at radius 1 is 1.16 bits per heavy atom. The van der Waals surface area contributed by atoms with E-state index in [4.69, 9.17) is 4.74 Å². The highest BCUT2D eigenvalue weighted by molar-refractivity contribution is 7.13. The van der Waals surface area contributed by atoms with E-state index in [1.54, 1.807) is 17.5 Å². The van der Waals surface area contributed by atoms with Crippen molar-refractivity contribution in [2.24, 2.45) is 0 Å². The molecule has 3 aromatic heterocycles. The average Bonchev–Trinajstić information content (AvgIpc) is 3.22. The lowest BCUT2D eigenvalue weighted by Gasteiger charge is -2.33. The van der Waals surface area contributed by atoms with Crippen LogP contribution in [0.15, 0.2) is 54.0 Å². The van der Waals surface area contributed by atoms with E-state index < -0.39 is 0 Å². The number of hydrogen-bond acceptors (Lipinski definition) is 7.